The van der Waals surface area contributed by atoms with Gasteiger partial charge < -0.3 is 15.0 Å². The Bertz CT molecular complexity index is 633. The molecule has 0 aliphatic heterocycles. The maximum absolute atomic E-state index is 11.7. The molecule has 0 radical (unpaired) electrons. The largest absolute Gasteiger partial charge is 0.496 e. The van der Waals surface area contributed by atoms with E-state index in [0.717, 1.165) is 28.0 Å². The van der Waals surface area contributed by atoms with Crippen molar-refractivity contribution < 1.29 is 4.74 Å². The summed E-state index contributed by atoms with van der Waals surface area (Å²) < 4.78 is 6.93. The number of aryl methyl sites for hydroxylation is 2. The molecule has 1 aromatic heterocycles. The van der Waals surface area contributed by atoms with Crippen molar-refractivity contribution >= 4 is 0 Å². The molecule has 0 aliphatic rings. The molecule has 100 valence electrons. The molecule has 0 amide bonds. The van der Waals surface area contributed by atoms with Crippen LogP contribution in [-0.4, -0.2) is 11.7 Å². The van der Waals surface area contributed by atoms with Gasteiger partial charge in [-0.15, -0.1) is 0 Å². The molecule has 0 saturated carbocycles. The third-order valence-electron chi connectivity index (χ3n) is 3.20. The van der Waals surface area contributed by atoms with Gasteiger partial charge in [0, 0.05) is 30.9 Å². The van der Waals surface area contributed by atoms with E-state index in [2.05, 4.69) is 0 Å². The summed E-state index contributed by atoms with van der Waals surface area (Å²) in [7, 11) is 3.38. The molecule has 4 nitrogen and oxygen atoms in total. The maximum atomic E-state index is 11.7. The minimum absolute atomic E-state index is 0.0225. The van der Waals surface area contributed by atoms with Crippen molar-refractivity contribution in [3.05, 3.63) is 51.9 Å². The Balaban J connectivity index is 2.56. The van der Waals surface area contributed by atoms with Gasteiger partial charge >= 0.3 is 0 Å². The van der Waals surface area contributed by atoms with Crippen LogP contribution < -0.4 is 16.0 Å². The van der Waals surface area contributed by atoms with E-state index in [1.165, 1.54) is 0 Å². The molecule has 1 aromatic carbocycles. The van der Waals surface area contributed by atoms with Crippen LogP contribution in [0.3, 0.4) is 0 Å². The summed E-state index contributed by atoms with van der Waals surface area (Å²) >= 11 is 0. The molecule has 2 aromatic rings. The number of nitrogens with zero attached hydrogens (tertiary/aromatic N) is 1. The molecular formula is C15H18N2O2. The van der Waals surface area contributed by atoms with E-state index >= 15 is 0 Å². The lowest BCUT2D eigenvalue weighted by Gasteiger charge is -2.11. The van der Waals surface area contributed by atoms with Crippen molar-refractivity contribution in [1.29, 1.82) is 0 Å². The van der Waals surface area contributed by atoms with Crippen molar-refractivity contribution in [1.82, 2.24) is 4.57 Å². The number of hydrogen-bond acceptors (Lipinski definition) is 3. The molecule has 0 fully saturated rings. The third kappa shape index (κ3) is 2.53. The van der Waals surface area contributed by atoms with E-state index in [9.17, 15) is 4.79 Å². The Morgan fingerprint density at radius 1 is 1.26 bits per heavy atom. The first-order valence-corrected chi connectivity index (χ1v) is 6.11. The van der Waals surface area contributed by atoms with E-state index in [0.29, 0.717) is 6.54 Å². The van der Waals surface area contributed by atoms with Crippen molar-refractivity contribution in [2.45, 2.75) is 13.5 Å². The molecule has 1 heterocycles. The predicted molar refractivity (Wildman–Crippen MR) is 76.3 cm³/mol. The summed E-state index contributed by atoms with van der Waals surface area (Å²) in [6.45, 7) is 2.26. The van der Waals surface area contributed by atoms with Crippen LogP contribution in [-0.2, 0) is 13.6 Å². The van der Waals surface area contributed by atoms with Gasteiger partial charge in [-0.1, -0.05) is 12.1 Å². The highest BCUT2D eigenvalue weighted by Gasteiger charge is 2.07. The topological polar surface area (TPSA) is 57.2 Å². The van der Waals surface area contributed by atoms with Gasteiger partial charge in [0.25, 0.3) is 5.56 Å². The maximum Gasteiger partial charge on any atom is 0.253 e. The van der Waals surface area contributed by atoms with Crippen LogP contribution in [0.1, 0.15) is 11.1 Å². The van der Waals surface area contributed by atoms with Crippen molar-refractivity contribution in [3.63, 3.8) is 0 Å². The van der Waals surface area contributed by atoms with E-state index in [1.807, 2.05) is 37.4 Å². The molecule has 2 rings (SSSR count). The van der Waals surface area contributed by atoms with E-state index < -0.39 is 0 Å². The molecular weight excluding hydrogens is 240 g/mol. The first kappa shape index (κ1) is 13.4. The number of aromatic nitrogens is 1. The SMILES string of the molecule is COc1cc(-c2cc(C)c(=O)n(C)c2)ccc1CN. The minimum Gasteiger partial charge on any atom is -0.496 e. The normalized spacial score (nSPS) is 10.5. The van der Waals surface area contributed by atoms with Gasteiger partial charge in [-0.25, -0.2) is 0 Å². The highest BCUT2D eigenvalue weighted by atomic mass is 16.5. The second-order valence-corrected chi connectivity index (χ2v) is 4.56. The number of rotatable bonds is 3. The second kappa shape index (κ2) is 5.28. The van der Waals surface area contributed by atoms with Gasteiger partial charge in [0.05, 0.1) is 7.11 Å². The van der Waals surface area contributed by atoms with Gasteiger partial charge in [-0.3, -0.25) is 4.79 Å². The average molecular weight is 258 g/mol. The number of ether oxygens (including phenoxy) is 1. The van der Waals surface area contributed by atoms with Crippen LogP contribution >= 0.6 is 0 Å². The lowest BCUT2D eigenvalue weighted by molar-refractivity contribution is 0.410. The van der Waals surface area contributed by atoms with Crippen LogP contribution in [0.25, 0.3) is 11.1 Å². The van der Waals surface area contributed by atoms with Crippen LogP contribution in [0.2, 0.25) is 0 Å². The number of hydrogen-bond donors (Lipinski definition) is 1. The summed E-state index contributed by atoms with van der Waals surface area (Å²) in [5.41, 5.74) is 9.36. The number of nitrogens with two attached hydrogens (primary N) is 1. The molecule has 0 unspecified atom stereocenters. The predicted octanol–water partition coefficient (Wildman–Crippen LogP) is 1.83. The van der Waals surface area contributed by atoms with Gasteiger partial charge in [0.2, 0.25) is 0 Å². The highest BCUT2D eigenvalue weighted by molar-refractivity contribution is 5.66. The van der Waals surface area contributed by atoms with E-state index in [4.69, 9.17) is 10.5 Å². The fourth-order valence-electron chi connectivity index (χ4n) is 2.13. The smallest absolute Gasteiger partial charge is 0.253 e. The molecule has 0 saturated heterocycles. The van der Waals surface area contributed by atoms with Gasteiger partial charge in [0.15, 0.2) is 0 Å². The Kier molecular flexibility index (Phi) is 3.71. The summed E-state index contributed by atoms with van der Waals surface area (Å²) in [6, 6.07) is 7.78. The van der Waals surface area contributed by atoms with Crippen molar-refractivity contribution in [2.75, 3.05) is 7.11 Å². The summed E-state index contributed by atoms with van der Waals surface area (Å²) in [4.78, 5) is 11.7. The van der Waals surface area contributed by atoms with Crippen molar-refractivity contribution in [2.24, 2.45) is 12.8 Å². The number of benzene rings is 1. The summed E-state index contributed by atoms with van der Waals surface area (Å²) in [5.74, 6) is 0.770. The standard InChI is InChI=1S/C15H18N2O2/c1-10-6-13(9-17(2)15(10)18)11-4-5-12(8-16)14(7-11)19-3/h4-7,9H,8,16H2,1-3H3. The minimum atomic E-state index is 0.0225. The zero-order valence-electron chi connectivity index (χ0n) is 11.4. The molecule has 0 spiro atoms. The van der Waals surface area contributed by atoms with Gasteiger partial charge in [-0.2, -0.15) is 0 Å². The molecule has 0 aliphatic carbocycles. The summed E-state index contributed by atoms with van der Waals surface area (Å²) in [6.07, 6.45) is 1.83. The van der Waals surface area contributed by atoms with E-state index in [1.54, 1.807) is 18.7 Å². The van der Waals surface area contributed by atoms with Crippen LogP contribution in [0.5, 0.6) is 5.75 Å². The number of methoxy groups -OCH3 is 1. The zero-order chi connectivity index (χ0) is 14.0. The lowest BCUT2D eigenvalue weighted by atomic mass is 10.0. The van der Waals surface area contributed by atoms with E-state index in [-0.39, 0.29) is 5.56 Å². The summed E-state index contributed by atoms with van der Waals surface area (Å²) in [5, 5.41) is 0. The Labute approximate surface area is 112 Å². The fraction of sp³-hybridized carbons (Fsp3) is 0.267. The highest BCUT2D eigenvalue weighted by Crippen LogP contribution is 2.26. The average Bonchev–Trinajstić information content (AvgIpc) is 2.43. The third-order valence-corrected chi connectivity index (χ3v) is 3.20. The Hall–Kier alpha value is -2.07. The van der Waals surface area contributed by atoms with Crippen LogP contribution in [0, 0.1) is 6.92 Å². The van der Waals surface area contributed by atoms with Crippen LogP contribution in [0.15, 0.2) is 35.3 Å². The van der Waals surface area contributed by atoms with Crippen molar-refractivity contribution in [3.8, 4) is 16.9 Å². The zero-order valence-corrected chi connectivity index (χ0v) is 11.4. The monoisotopic (exact) mass is 258 g/mol. The van der Waals surface area contributed by atoms with Crippen LogP contribution in [0.4, 0.5) is 0 Å². The first-order chi connectivity index (χ1) is 9.06. The molecule has 0 atom stereocenters. The fourth-order valence-corrected chi connectivity index (χ4v) is 2.13. The molecule has 2 N–H and O–H groups in total. The van der Waals surface area contributed by atoms with Gasteiger partial charge in [-0.05, 0) is 30.2 Å². The lowest BCUT2D eigenvalue weighted by Crippen LogP contribution is -2.18. The Morgan fingerprint density at radius 2 is 2.00 bits per heavy atom. The number of pyridine rings is 1. The first-order valence-electron chi connectivity index (χ1n) is 6.11. The molecule has 19 heavy (non-hydrogen) atoms. The quantitative estimate of drug-likeness (QED) is 0.913. The Morgan fingerprint density at radius 3 is 2.58 bits per heavy atom. The second-order valence-electron chi connectivity index (χ2n) is 4.56. The molecule has 0 bridgehead atoms. The molecule has 4 heteroatoms. The van der Waals surface area contributed by atoms with Gasteiger partial charge in [0.1, 0.15) is 5.75 Å².